The molecule has 3 aromatic rings. The van der Waals surface area contributed by atoms with Gasteiger partial charge in [-0.1, -0.05) is 34.1 Å². The largest absolute Gasteiger partial charge is 0.372 e. The lowest BCUT2D eigenvalue weighted by molar-refractivity contribution is -0.143. The standard InChI is InChI=1S/C24H26BrN3O5S/c1-16-11-28(12-17(2)33-16)24(30)14-27-13-22(20-5-3-4-6-21(20)27)34(31,32)15-23(29)26-19-9-7-18(25)8-10-19/h3-10,13,16-17H,11-12,14-15H2,1-2H3,(H,26,29). The van der Waals surface area contributed by atoms with Gasteiger partial charge in [-0.2, -0.15) is 0 Å². The SMILES string of the molecule is CC1CN(C(=O)Cn2cc(S(=O)(=O)CC(=O)Nc3ccc(Br)cc3)c3ccccc32)CC(C)O1. The minimum atomic E-state index is -3.96. The number of anilines is 1. The van der Waals surface area contributed by atoms with Crippen molar-refractivity contribution in [2.45, 2.75) is 37.5 Å². The van der Waals surface area contributed by atoms with Crippen molar-refractivity contribution in [1.82, 2.24) is 9.47 Å². The molecule has 10 heteroatoms. The quantitative estimate of drug-likeness (QED) is 0.509. The van der Waals surface area contributed by atoms with Gasteiger partial charge in [0, 0.05) is 40.3 Å². The van der Waals surface area contributed by atoms with E-state index in [9.17, 15) is 18.0 Å². The number of hydrogen-bond acceptors (Lipinski definition) is 5. The first-order valence-corrected chi connectivity index (χ1v) is 13.4. The molecule has 34 heavy (non-hydrogen) atoms. The number of nitrogens with one attached hydrogen (secondary N) is 1. The molecule has 1 aliphatic heterocycles. The molecule has 1 N–H and O–H groups in total. The number of amides is 2. The highest BCUT2D eigenvalue weighted by Crippen LogP contribution is 2.27. The summed E-state index contributed by atoms with van der Waals surface area (Å²) in [6.07, 6.45) is 1.33. The lowest BCUT2D eigenvalue weighted by Gasteiger charge is -2.35. The van der Waals surface area contributed by atoms with Gasteiger partial charge >= 0.3 is 0 Å². The molecule has 0 aliphatic carbocycles. The first kappa shape index (κ1) is 24.4. The average molecular weight is 548 g/mol. The van der Waals surface area contributed by atoms with Gasteiger partial charge in [0.25, 0.3) is 0 Å². The topological polar surface area (TPSA) is 97.7 Å². The molecular weight excluding hydrogens is 522 g/mol. The van der Waals surface area contributed by atoms with Crippen LogP contribution >= 0.6 is 15.9 Å². The molecule has 2 heterocycles. The fourth-order valence-electron chi connectivity index (χ4n) is 4.20. The van der Waals surface area contributed by atoms with E-state index < -0.39 is 21.5 Å². The van der Waals surface area contributed by atoms with Gasteiger partial charge in [0.2, 0.25) is 11.8 Å². The van der Waals surface area contributed by atoms with Crippen LogP contribution in [0.15, 0.2) is 64.1 Å². The Morgan fingerprint density at radius 2 is 1.71 bits per heavy atom. The third kappa shape index (κ3) is 5.51. The van der Waals surface area contributed by atoms with E-state index >= 15 is 0 Å². The van der Waals surface area contributed by atoms with Gasteiger partial charge in [-0.15, -0.1) is 0 Å². The number of rotatable bonds is 6. The summed E-state index contributed by atoms with van der Waals surface area (Å²) in [7, 11) is -3.96. The number of ether oxygens (including phenoxy) is 1. The van der Waals surface area contributed by atoms with Gasteiger partial charge in [0.1, 0.15) is 12.3 Å². The van der Waals surface area contributed by atoms with Gasteiger partial charge in [-0.25, -0.2) is 8.42 Å². The molecule has 0 radical (unpaired) electrons. The van der Waals surface area contributed by atoms with Crippen molar-refractivity contribution in [1.29, 1.82) is 0 Å². The molecule has 8 nitrogen and oxygen atoms in total. The predicted octanol–water partition coefficient (Wildman–Crippen LogP) is 3.45. The molecule has 1 aromatic heterocycles. The van der Waals surface area contributed by atoms with Crippen LogP contribution in [0.25, 0.3) is 10.9 Å². The van der Waals surface area contributed by atoms with Crippen LogP contribution in [0.1, 0.15) is 13.8 Å². The first-order chi connectivity index (χ1) is 16.1. The van der Waals surface area contributed by atoms with E-state index in [1.807, 2.05) is 13.8 Å². The highest BCUT2D eigenvalue weighted by molar-refractivity contribution is 9.10. The Bertz CT molecular complexity index is 1310. The molecule has 1 saturated heterocycles. The number of carbonyl (C=O) groups excluding carboxylic acids is 2. The summed E-state index contributed by atoms with van der Waals surface area (Å²) >= 11 is 3.32. The molecular formula is C24H26BrN3O5S. The molecule has 2 unspecified atom stereocenters. The van der Waals surface area contributed by atoms with Crippen molar-refractivity contribution in [3.05, 3.63) is 59.2 Å². The molecule has 180 valence electrons. The van der Waals surface area contributed by atoms with Crippen molar-refractivity contribution < 1.29 is 22.7 Å². The van der Waals surface area contributed by atoms with Crippen LogP contribution in [0.4, 0.5) is 5.69 Å². The number of hydrogen-bond donors (Lipinski definition) is 1. The van der Waals surface area contributed by atoms with E-state index in [1.54, 1.807) is 58.0 Å². The molecule has 0 saturated carbocycles. The van der Waals surface area contributed by atoms with Gasteiger partial charge in [-0.3, -0.25) is 9.59 Å². The van der Waals surface area contributed by atoms with Crippen LogP contribution in [0.2, 0.25) is 0 Å². The van der Waals surface area contributed by atoms with Crippen molar-refractivity contribution in [3.63, 3.8) is 0 Å². The fourth-order valence-corrected chi connectivity index (χ4v) is 5.83. The lowest BCUT2D eigenvalue weighted by atomic mass is 10.2. The summed E-state index contributed by atoms with van der Waals surface area (Å²) in [5.74, 6) is -1.45. The van der Waals surface area contributed by atoms with Crippen LogP contribution in [0.3, 0.4) is 0 Å². The Hall–Kier alpha value is -2.69. The average Bonchev–Trinajstić information content (AvgIpc) is 3.14. The van der Waals surface area contributed by atoms with Gasteiger partial charge < -0.3 is 19.5 Å². The van der Waals surface area contributed by atoms with Crippen molar-refractivity contribution in [3.8, 4) is 0 Å². The molecule has 1 aliphatic rings. The molecule has 0 bridgehead atoms. The van der Waals surface area contributed by atoms with E-state index in [0.29, 0.717) is 29.7 Å². The number of sulfone groups is 1. The number of nitrogens with zero attached hydrogens (tertiary/aromatic N) is 2. The van der Waals surface area contributed by atoms with E-state index in [2.05, 4.69) is 21.2 Å². The van der Waals surface area contributed by atoms with Crippen LogP contribution in [0.5, 0.6) is 0 Å². The van der Waals surface area contributed by atoms with Crippen LogP contribution < -0.4 is 5.32 Å². The molecule has 0 spiro atoms. The molecule has 2 atom stereocenters. The second kappa shape index (κ2) is 9.89. The minimum Gasteiger partial charge on any atom is -0.372 e. The Morgan fingerprint density at radius 1 is 1.06 bits per heavy atom. The predicted molar refractivity (Wildman–Crippen MR) is 133 cm³/mol. The second-order valence-electron chi connectivity index (χ2n) is 8.51. The van der Waals surface area contributed by atoms with Gasteiger partial charge in [0.05, 0.1) is 17.1 Å². The number of aromatic nitrogens is 1. The second-order valence-corrected chi connectivity index (χ2v) is 11.4. The summed E-state index contributed by atoms with van der Waals surface area (Å²) in [5, 5.41) is 3.10. The van der Waals surface area contributed by atoms with Crippen molar-refractivity contribution in [2.75, 3.05) is 24.2 Å². The summed E-state index contributed by atoms with van der Waals surface area (Å²) in [6, 6.07) is 13.9. The van der Waals surface area contributed by atoms with E-state index in [0.717, 1.165) is 4.47 Å². The molecule has 2 amide bonds. The Balaban J connectivity index is 1.56. The Labute approximate surface area is 206 Å². The summed E-state index contributed by atoms with van der Waals surface area (Å²) in [5.41, 5.74) is 1.13. The maximum Gasteiger partial charge on any atom is 0.242 e. The minimum absolute atomic E-state index is 0.000558. The summed E-state index contributed by atoms with van der Waals surface area (Å²) < 4.78 is 34.6. The van der Waals surface area contributed by atoms with Gasteiger partial charge in [0.15, 0.2) is 9.84 Å². The highest BCUT2D eigenvalue weighted by atomic mass is 79.9. The van der Waals surface area contributed by atoms with Crippen LogP contribution in [-0.2, 0) is 30.7 Å². The lowest BCUT2D eigenvalue weighted by Crippen LogP contribution is -2.49. The first-order valence-electron chi connectivity index (χ1n) is 10.9. The number of carbonyl (C=O) groups is 2. The molecule has 2 aromatic carbocycles. The maximum absolute atomic E-state index is 13.2. The van der Waals surface area contributed by atoms with E-state index in [-0.39, 0.29) is 29.6 Å². The zero-order valence-electron chi connectivity index (χ0n) is 18.9. The Kier molecular flexibility index (Phi) is 7.11. The smallest absolute Gasteiger partial charge is 0.242 e. The third-order valence-corrected chi connectivity index (χ3v) is 7.78. The number of para-hydroxylation sites is 1. The van der Waals surface area contributed by atoms with Gasteiger partial charge in [-0.05, 0) is 44.2 Å². The van der Waals surface area contributed by atoms with Crippen LogP contribution in [0, 0.1) is 0 Å². The Morgan fingerprint density at radius 3 is 2.38 bits per heavy atom. The van der Waals surface area contributed by atoms with Crippen molar-refractivity contribution >= 4 is 54.2 Å². The summed E-state index contributed by atoms with van der Waals surface area (Å²) in [4.78, 5) is 27.3. The zero-order chi connectivity index (χ0) is 24.5. The van der Waals surface area contributed by atoms with Crippen molar-refractivity contribution in [2.24, 2.45) is 0 Å². The number of halogens is 1. The zero-order valence-corrected chi connectivity index (χ0v) is 21.3. The number of benzene rings is 2. The van der Waals surface area contributed by atoms with Crippen LogP contribution in [-0.4, -0.2) is 60.7 Å². The molecule has 1 fully saturated rings. The maximum atomic E-state index is 13.2. The molecule has 4 rings (SSSR count). The normalized spacial score (nSPS) is 18.7. The number of fused-ring (bicyclic) bond motifs is 1. The summed E-state index contributed by atoms with van der Waals surface area (Å²) in [6.45, 7) is 4.82. The van der Waals surface area contributed by atoms with E-state index in [4.69, 9.17) is 4.74 Å². The third-order valence-electron chi connectivity index (χ3n) is 5.61. The number of morpholine rings is 1. The van der Waals surface area contributed by atoms with E-state index in [1.165, 1.54) is 6.20 Å². The monoisotopic (exact) mass is 547 g/mol. The fraction of sp³-hybridized carbons (Fsp3) is 0.333. The highest BCUT2D eigenvalue weighted by Gasteiger charge is 2.28.